The first-order valence-electron chi connectivity index (χ1n) is 5.09. The van der Waals surface area contributed by atoms with Crippen molar-refractivity contribution in [2.45, 2.75) is 6.42 Å². The molecule has 0 fully saturated rings. The van der Waals surface area contributed by atoms with Crippen LogP contribution < -0.4 is 10.6 Å². The van der Waals surface area contributed by atoms with Crippen LogP contribution >= 0.6 is 0 Å². The van der Waals surface area contributed by atoms with E-state index in [4.69, 9.17) is 0 Å². The molecule has 0 saturated heterocycles. The number of hydrogen-bond acceptors (Lipinski definition) is 1. The molecule has 4 heteroatoms. The summed E-state index contributed by atoms with van der Waals surface area (Å²) in [4.78, 5) is 11.1. The number of benzene rings is 1. The number of carbonyl (C=O) groups excluding carboxylic acids is 1. The third-order valence-corrected chi connectivity index (χ3v) is 2.02. The number of hydrogen-bond donors (Lipinski definition) is 2. The molecule has 0 radical (unpaired) electrons. The molecule has 0 unspecified atom stereocenters. The number of amides is 2. The second-order valence-corrected chi connectivity index (χ2v) is 3.30. The molecule has 0 aromatic heterocycles. The molecule has 1 aromatic carbocycles. The van der Waals surface area contributed by atoms with Crippen LogP contribution in [0.4, 0.5) is 9.18 Å². The van der Waals surface area contributed by atoms with Gasteiger partial charge in [-0.1, -0.05) is 18.2 Å². The van der Waals surface area contributed by atoms with Crippen LogP contribution in [0.15, 0.2) is 36.9 Å². The van der Waals surface area contributed by atoms with E-state index in [0.717, 1.165) is 5.56 Å². The fourth-order valence-corrected chi connectivity index (χ4v) is 1.20. The molecular formula is C12H15FN2O. The van der Waals surface area contributed by atoms with Crippen LogP contribution in [-0.2, 0) is 6.42 Å². The lowest BCUT2D eigenvalue weighted by Crippen LogP contribution is -2.36. The molecule has 1 aromatic rings. The average Bonchev–Trinajstić information content (AvgIpc) is 2.29. The lowest BCUT2D eigenvalue weighted by atomic mass is 10.1. The zero-order valence-corrected chi connectivity index (χ0v) is 9.00. The zero-order valence-electron chi connectivity index (χ0n) is 9.00. The Morgan fingerprint density at radius 3 is 2.62 bits per heavy atom. The van der Waals surface area contributed by atoms with Crippen LogP contribution in [-0.4, -0.2) is 19.1 Å². The summed E-state index contributed by atoms with van der Waals surface area (Å²) in [7, 11) is 0. The van der Waals surface area contributed by atoms with E-state index in [-0.39, 0.29) is 11.8 Å². The van der Waals surface area contributed by atoms with Crippen LogP contribution in [0.25, 0.3) is 0 Å². The van der Waals surface area contributed by atoms with Crippen LogP contribution in [0.3, 0.4) is 0 Å². The van der Waals surface area contributed by atoms with Gasteiger partial charge in [-0.25, -0.2) is 9.18 Å². The van der Waals surface area contributed by atoms with Gasteiger partial charge in [-0.3, -0.25) is 0 Å². The van der Waals surface area contributed by atoms with Crippen molar-refractivity contribution in [3.05, 3.63) is 48.3 Å². The molecule has 86 valence electrons. The molecular weight excluding hydrogens is 207 g/mol. The first-order valence-corrected chi connectivity index (χ1v) is 5.09. The van der Waals surface area contributed by atoms with Gasteiger partial charge in [0, 0.05) is 13.1 Å². The molecule has 0 saturated carbocycles. The zero-order chi connectivity index (χ0) is 11.8. The lowest BCUT2D eigenvalue weighted by molar-refractivity contribution is 0.242. The summed E-state index contributed by atoms with van der Waals surface area (Å²) in [5, 5.41) is 5.29. The first kappa shape index (κ1) is 12.2. The van der Waals surface area contributed by atoms with Gasteiger partial charge in [0.05, 0.1) is 0 Å². The molecule has 0 aliphatic carbocycles. The fraction of sp³-hybridized carbons (Fsp3) is 0.250. The summed E-state index contributed by atoms with van der Waals surface area (Å²) in [6, 6.07) is 6.01. The van der Waals surface area contributed by atoms with Crippen molar-refractivity contribution in [1.29, 1.82) is 0 Å². The normalized spacial score (nSPS) is 9.56. The highest BCUT2D eigenvalue weighted by Crippen LogP contribution is 2.02. The third-order valence-electron chi connectivity index (χ3n) is 2.02. The Balaban J connectivity index is 2.22. The Hall–Kier alpha value is -1.84. The average molecular weight is 222 g/mol. The van der Waals surface area contributed by atoms with E-state index in [2.05, 4.69) is 17.2 Å². The summed E-state index contributed by atoms with van der Waals surface area (Å²) in [6.45, 7) is 4.46. The quantitative estimate of drug-likeness (QED) is 0.733. The van der Waals surface area contributed by atoms with Crippen molar-refractivity contribution in [1.82, 2.24) is 10.6 Å². The number of urea groups is 1. The van der Waals surface area contributed by atoms with Crippen molar-refractivity contribution in [3.63, 3.8) is 0 Å². The van der Waals surface area contributed by atoms with Crippen molar-refractivity contribution in [2.75, 3.05) is 13.1 Å². The van der Waals surface area contributed by atoms with Gasteiger partial charge in [-0.05, 0) is 24.1 Å². The monoisotopic (exact) mass is 222 g/mol. The van der Waals surface area contributed by atoms with Gasteiger partial charge < -0.3 is 10.6 Å². The molecule has 3 nitrogen and oxygen atoms in total. The Bertz CT molecular complexity index is 349. The van der Waals surface area contributed by atoms with E-state index in [9.17, 15) is 9.18 Å². The third kappa shape index (κ3) is 4.59. The Labute approximate surface area is 94.4 Å². The molecule has 0 aliphatic rings. The van der Waals surface area contributed by atoms with E-state index in [0.29, 0.717) is 19.5 Å². The van der Waals surface area contributed by atoms with E-state index in [1.165, 1.54) is 12.1 Å². The van der Waals surface area contributed by atoms with Crippen molar-refractivity contribution >= 4 is 6.03 Å². The maximum Gasteiger partial charge on any atom is 0.315 e. The van der Waals surface area contributed by atoms with Gasteiger partial charge in [0.25, 0.3) is 0 Å². The number of halogens is 1. The van der Waals surface area contributed by atoms with Crippen molar-refractivity contribution in [2.24, 2.45) is 0 Å². The second-order valence-electron chi connectivity index (χ2n) is 3.30. The van der Waals surface area contributed by atoms with Gasteiger partial charge in [-0.15, -0.1) is 6.58 Å². The lowest BCUT2D eigenvalue weighted by Gasteiger charge is -2.05. The minimum absolute atomic E-state index is 0.220. The molecule has 16 heavy (non-hydrogen) atoms. The Kier molecular flexibility index (Phi) is 5.05. The Morgan fingerprint density at radius 1 is 1.31 bits per heavy atom. The first-order chi connectivity index (χ1) is 7.72. The number of nitrogens with one attached hydrogen (secondary N) is 2. The van der Waals surface area contributed by atoms with Crippen LogP contribution in [0.5, 0.6) is 0 Å². The topological polar surface area (TPSA) is 41.1 Å². The second kappa shape index (κ2) is 6.61. The van der Waals surface area contributed by atoms with Gasteiger partial charge >= 0.3 is 6.03 Å². The van der Waals surface area contributed by atoms with E-state index >= 15 is 0 Å². The van der Waals surface area contributed by atoms with Crippen LogP contribution in [0.1, 0.15) is 5.56 Å². The standard InChI is InChI=1S/C12H15FN2O/c1-2-8-14-12(16)15-9-7-10-3-5-11(13)6-4-10/h2-6H,1,7-9H2,(H2,14,15,16). The highest BCUT2D eigenvalue weighted by molar-refractivity contribution is 5.73. The maximum absolute atomic E-state index is 12.6. The van der Waals surface area contributed by atoms with Gasteiger partial charge in [0.15, 0.2) is 0 Å². The molecule has 0 bridgehead atoms. The smallest absolute Gasteiger partial charge is 0.315 e. The SMILES string of the molecule is C=CCNC(=O)NCCc1ccc(F)cc1. The van der Waals surface area contributed by atoms with E-state index < -0.39 is 0 Å². The number of carbonyl (C=O) groups is 1. The maximum atomic E-state index is 12.6. The number of rotatable bonds is 5. The largest absolute Gasteiger partial charge is 0.338 e. The highest BCUT2D eigenvalue weighted by atomic mass is 19.1. The fourth-order valence-electron chi connectivity index (χ4n) is 1.20. The Morgan fingerprint density at radius 2 is 2.00 bits per heavy atom. The van der Waals surface area contributed by atoms with Gasteiger partial charge in [0.1, 0.15) is 5.82 Å². The van der Waals surface area contributed by atoms with Gasteiger partial charge in [-0.2, -0.15) is 0 Å². The van der Waals surface area contributed by atoms with Crippen LogP contribution in [0, 0.1) is 5.82 Å². The van der Waals surface area contributed by atoms with E-state index in [1.54, 1.807) is 18.2 Å². The van der Waals surface area contributed by atoms with Gasteiger partial charge in [0.2, 0.25) is 0 Å². The molecule has 2 N–H and O–H groups in total. The minimum atomic E-state index is -0.250. The molecule has 0 spiro atoms. The van der Waals surface area contributed by atoms with Crippen molar-refractivity contribution < 1.29 is 9.18 Å². The predicted molar refractivity (Wildman–Crippen MR) is 61.7 cm³/mol. The molecule has 0 aliphatic heterocycles. The molecule has 2 amide bonds. The van der Waals surface area contributed by atoms with E-state index in [1.807, 2.05) is 0 Å². The van der Waals surface area contributed by atoms with Crippen LogP contribution in [0.2, 0.25) is 0 Å². The summed E-state index contributed by atoms with van der Waals surface area (Å²) in [6.07, 6.45) is 2.29. The summed E-state index contributed by atoms with van der Waals surface area (Å²) in [5.41, 5.74) is 0.991. The summed E-state index contributed by atoms with van der Waals surface area (Å²) in [5.74, 6) is -0.250. The minimum Gasteiger partial charge on any atom is -0.338 e. The highest BCUT2D eigenvalue weighted by Gasteiger charge is 1.98. The molecule has 1 rings (SSSR count). The molecule has 0 atom stereocenters. The summed E-state index contributed by atoms with van der Waals surface area (Å²) >= 11 is 0. The van der Waals surface area contributed by atoms with Crippen molar-refractivity contribution in [3.8, 4) is 0 Å². The predicted octanol–water partition coefficient (Wildman–Crippen LogP) is 1.85. The molecule has 0 heterocycles. The summed E-state index contributed by atoms with van der Waals surface area (Å²) < 4.78 is 12.6.